The van der Waals surface area contributed by atoms with Crippen molar-refractivity contribution in [2.75, 3.05) is 32.7 Å². The third-order valence-corrected chi connectivity index (χ3v) is 5.70. The first-order chi connectivity index (χ1) is 13.2. The Morgan fingerprint density at radius 2 is 1.93 bits per heavy atom. The minimum Gasteiger partial charge on any atom is -0.352 e. The molecule has 3 heterocycles. The third kappa shape index (κ3) is 7.41. The number of nitrogens with two attached hydrogens (primary N) is 1. The number of hydrogen-bond donors (Lipinski definition) is 2. The van der Waals surface area contributed by atoms with Gasteiger partial charge in [-0.3, -0.25) is 19.5 Å². The van der Waals surface area contributed by atoms with Crippen LogP contribution in [0, 0.1) is 5.92 Å². The molecular weight excluding hydrogens is 413 g/mol. The fraction of sp³-hybridized carbons (Fsp3) is 0.650. The van der Waals surface area contributed by atoms with E-state index in [4.69, 9.17) is 5.73 Å². The van der Waals surface area contributed by atoms with Gasteiger partial charge in [-0.2, -0.15) is 0 Å². The molecule has 1 atom stereocenters. The van der Waals surface area contributed by atoms with E-state index in [9.17, 15) is 9.59 Å². The molecule has 0 spiro atoms. The van der Waals surface area contributed by atoms with Crippen molar-refractivity contribution in [2.24, 2.45) is 11.7 Å². The highest BCUT2D eigenvalue weighted by Gasteiger charge is 2.32. The molecule has 2 saturated heterocycles. The standard InChI is InChI=1S/C20H31N5O2.2ClH/c21-8-5-19(26)24-11-6-18(7-12-24)25-10-2-4-17(15-25)20(27)23-14-16-3-1-9-22-13-16;;/h1,3,9,13,17-18H,2,4-8,10-12,14-15,21H2,(H,23,27);2*1H. The predicted octanol–water partition coefficient (Wildman–Crippen LogP) is 1.59. The smallest absolute Gasteiger partial charge is 0.224 e. The Bertz CT molecular complexity index is 627. The Balaban J connectivity index is 0.00000210. The Labute approximate surface area is 185 Å². The summed E-state index contributed by atoms with van der Waals surface area (Å²) in [5, 5.41) is 3.06. The predicted molar refractivity (Wildman–Crippen MR) is 118 cm³/mol. The normalized spacial score (nSPS) is 20.3. The number of likely N-dealkylation sites (tertiary alicyclic amines) is 2. The molecule has 3 N–H and O–H groups in total. The highest BCUT2D eigenvalue weighted by Crippen LogP contribution is 2.24. The number of amides is 2. The molecule has 1 aromatic heterocycles. The number of aromatic nitrogens is 1. The van der Waals surface area contributed by atoms with Gasteiger partial charge in [-0.1, -0.05) is 6.07 Å². The lowest BCUT2D eigenvalue weighted by atomic mass is 9.93. The van der Waals surface area contributed by atoms with Crippen molar-refractivity contribution in [2.45, 2.75) is 44.7 Å². The van der Waals surface area contributed by atoms with Crippen LogP contribution in [0.4, 0.5) is 0 Å². The lowest BCUT2D eigenvalue weighted by Gasteiger charge is -2.42. The van der Waals surface area contributed by atoms with E-state index in [1.807, 2.05) is 17.0 Å². The number of pyridine rings is 1. The molecule has 2 fully saturated rings. The molecule has 1 aromatic rings. The first-order valence-corrected chi connectivity index (χ1v) is 10.1. The van der Waals surface area contributed by atoms with Gasteiger partial charge in [0.05, 0.1) is 5.92 Å². The van der Waals surface area contributed by atoms with Crippen LogP contribution in [0.1, 0.15) is 37.7 Å². The van der Waals surface area contributed by atoms with Gasteiger partial charge in [0.15, 0.2) is 0 Å². The summed E-state index contributed by atoms with van der Waals surface area (Å²) >= 11 is 0. The second-order valence-electron chi connectivity index (χ2n) is 7.56. The lowest BCUT2D eigenvalue weighted by molar-refractivity contribution is -0.132. The molecular formula is C20H33Cl2N5O2. The summed E-state index contributed by atoms with van der Waals surface area (Å²) in [5.41, 5.74) is 6.51. The molecule has 2 aliphatic heterocycles. The molecule has 0 bridgehead atoms. The van der Waals surface area contributed by atoms with Gasteiger partial charge in [0.1, 0.15) is 0 Å². The summed E-state index contributed by atoms with van der Waals surface area (Å²) in [6.45, 7) is 4.43. The number of carbonyl (C=O) groups excluding carboxylic acids is 2. The molecule has 164 valence electrons. The molecule has 0 saturated carbocycles. The highest BCUT2D eigenvalue weighted by molar-refractivity contribution is 5.85. The van der Waals surface area contributed by atoms with Crippen molar-refractivity contribution in [3.05, 3.63) is 30.1 Å². The maximum absolute atomic E-state index is 12.6. The van der Waals surface area contributed by atoms with Crippen molar-refractivity contribution >= 4 is 36.6 Å². The van der Waals surface area contributed by atoms with E-state index in [0.29, 0.717) is 25.6 Å². The topological polar surface area (TPSA) is 91.6 Å². The average Bonchev–Trinajstić information content (AvgIpc) is 2.73. The molecule has 1 unspecified atom stereocenters. The van der Waals surface area contributed by atoms with E-state index in [-0.39, 0.29) is 42.5 Å². The van der Waals surface area contributed by atoms with Crippen LogP contribution < -0.4 is 11.1 Å². The fourth-order valence-corrected chi connectivity index (χ4v) is 4.15. The minimum atomic E-state index is 0. The molecule has 0 aliphatic carbocycles. The van der Waals surface area contributed by atoms with E-state index in [1.165, 1.54) is 0 Å². The highest BCUT2D eigenvalue weighted by atomic mass is 35.5. The van der Waals surface area contributed by atoms with Gasteiger partial charge in [0.25, 0.3) is 0 Å². The van der Waals surface area contributed by atoms with Crippen molar-refractivity contribution in [1.29, 1.82) is 0 Å². The lowest BCUT2D eigenvalue weighted by Crippen LogP contribution is -2.51. The van der Waals surface area contributed by atoms with Crippen LogP contribution in [0.3, 0.4) is 0 Å². The molecule has 0 aromatic carbocycles. The number of halogens is 2. The third-order valence-electron chi connectivity index (χ3n) is 5.70. The average molecular weight is 446 g/mol. The first kappa shape index (κ1) is 25.6. The Morgan fingerprint density at radius 3 is 2.59 bits per heavy atom. The van der Waals surface area contributed by atoms with E-state index in [1.54, 1.807) is 12.4 Å². The second kappa shape index (κ2) is 13.0. The van der Waals surface area contributed by atoms with Crippen molar-refractivity contribution < 1.29 is 9.59 Å². The summed E-state index contributed by atoms with van der Waals surface area (Å²) < 4.78 is 0. The zero-order valence-corrected chi connectivity index (χ0v) is 18.4. The SMILES string of the molecule is Cl.Cl.NCCC(=O)N1CCC(N2CCCC(C(=O)NCc3cccnc3)C2)CC1. The largest absolute Gasteiger partial charge is 0.352 e. The quantitative estimate of drug-likeness (QED) is 0.693. The molecule has 2 aliphatic rings. The van der Waals surface area contributed by atoms with E-state index < -0.39 is 0 Å². The first-order valence-electron chi connectivity index (χ1n) is 10.1. The van der Waals surface area contributed by atoms with Crippen LogP contribution >= 0.6 is 24.8 Å². The summed E-state index contributed by atoms with van der Waals surface area (Å²) in [6.07, 6.45) is 7.93. The van der Waals surface area contributed by atoms with Gasteiger partial charge in [0.2, 0.25) is 11.8 Å². The summed E-state index contributed by atoms with van der Waals surface area (Å²) in [5.74, 6) is 0.355. The number of piperidine rings is 2. The number of nitrogens with zero attached hydrogens (tertiary/aromatic N) is 3. The summed E-state index contributed by atoms with van der Waals surface area (Å²) in [7, 11) is 0. The zero-order chi connectivity index (χ0) is 19.1. The van der Waals surface area contributed by atoms with Gasteiger partial charge in [-0.05, 0) is 43.9 Å². The Kier molecular flexibility index (Phi) is 11.5. The number of carbonyl (C=O) groups is 2. The maximum Gasteiger partial charge on any atom is 0.224 e. The molecule has 7 nitrogen and oxygen atoms in total. The number of hydrogen-bond acceptors (Lipinski definition) is 5. The van der Waals surface area contributed by atoms with Crippen LogP contribution in [-0.4, -0.2) is 65.4 Å². The van der Waals surface area contributed by atoms with Crippen LogP contribution in [0.2, 0.25) is 0 Å². The molecule has 0 radical (unpaired) electrons. The maximum atomic E-state index is 12.6. The molecule has 29 heavy (non-hydrogen) atoms. The molecule has 2 amide bonds. The van der Waals surface area contributed by atoms with Crippen molar-refractivity contribution in [3.63, 3.8) is 0 Å². The van der Waals surface area contributed by atoms with Crippen LogP contribution in [0.25, 0.3) is 0 Å². The van der Waals surface area contributed by atoms with Crippen LogP contribution in [0.15, 0.2) is 24.5 Å². The Hall–Kier alpha value is -1.41. The molecule has 9 heteroatoms. The monoisotopic (exact) mass is 445 g/mol. The minimum absolute atomic E-state index is 0. The van der Waals surface area contributed by atoms with Gasteiger partial charge in [-0.15, -0.1) is 24.8 Å². The van der Waals surface area contributed by atoms with Crippen LogP contribution in [-0.2, 0) is 16.1 Å². The van der Waals surface area contributed by atoms with E-state index >= 15 is 0 Å². The van der Waals surface area contributed by atoms with Gasteiger partial charge < -0.3 is 16.0 Å². The number of nitrogens with one attached hydrogen (secondary N) is 1. The Morgan fingerprint density at radius 1 is 1.17 bits per heavy atom. The zero-order valence-electron chi connectivity index (χ0n) is 16.8. The van der Waals surface area contributed by atoms with Crippen LogP contribution in [0.5, 0.6) is 0 Å². The molecule has 3 rings (SSSR count). The summed E-state index contributed by atoms with van der Waals surface area (Å²) in [6, 6.07) is 4.33. The van der Waals surface area contributed by atoms with Gasteiger partial charge >= 0.3 is 0 Å². The van der Waals surface area contributed by atoms with E-state index in [2.05, 4.69) is 15.2 Å². The van der Waals surface area contributed by atoms with Crippen molar-refractivity contribution in [1.82, 2.24) is 20.1 Å². The van der Waals surface area contributed by atoms with Gasteiger partial charge in [0, 0.05) is 57.6 Å². The van der Waals surface area contributed by atoms with Gasteiger partial charge in [-0.25, -0.2) is 0 Å². The van der Waals surface area contributed by atoms with E-state index in [0.717, 1.165) is 57.4 Å². The summed E-state index contributed by atoms with van der Waals surface area (Å²) in [4.78, 5) is 33.1. The fourth-order valence-electron chi connectivity index (χ4n) is 4.15. The number of rotatable bonds is 6. The van der Waals surface area contributed by atoms with Crippen molar-refractivity contribution in [3.8, 4) is 0 Å². The second-order valence-corrected chi connectivity index (χ2v) is 7.56.